The molecule has 2 heterocycles. The average molecular weight is 535 g/mol. The average Bonchev–Trinajstić information content (AvgIpc) is 3.64. The summed E-state index contributed by atoms with van der Waals surface area (Å²) < 4.78 is 4.83. The van der Waals surface area contributed by atoms with Crippen LogP contribution in [0.2, 0.25) is 0 Å². The van der Waals surface area contributed by atoms with Crippen molar-refractivity contribution in [2.45, 2.75) is 0 Å². The summed E-state index contributed by atoms with van der Waals surface area (Å²) in [6.07, 6.45) is 2.26. The molecule has 0 atom stereocenters. The molecule has 42 heavy (non-hydrogen) atoms. The lowest BCUT2D eigenvalue weighted by Gasteiger charge is -2.19. The highest BCUT2D eigenvalue weighted by Gasteiger charge is 2.20. The van der Waals surface area contributed by atoms with Gasteiger partial charge in [-0.25, -0.2) is 0 Å². The maximum Gasteiger partial charge on any atom is 0.0635 e. The summed E-state index contributed by atoms with van der Waals surface area (Å²) in [7, 11) is 0. The molecule has 0 aliphatic rings. The Balaban J connectivity index is 1.42. The zero-order chi connectivity index (χ0) is 27.6. The topological polar surface area (TPSA) is 9.86 Å². The molecule has 0 aliphatic carbocycles. The van der Waals surface area contributed by atoms with Crippen molar-refractivity contribution < 1.29 is 0 Å². The predicted octanol–water partition coefficient (Wildman–Crippen LogP) is 10.7. The van der Waals surface area contributed by atoms with Gasteiger partial charge in [-0.3, -0.25) is 0 Å². The molecule has 0 bridgehead atoms. The zero-order valence-corrected chi connectivity index (χ0v) is 22.9. The Hall–Kier alpha value is -5.60. The first-order valence-electron chi connectivity index (χ1n) is 14.5. The molecule has 7 aromatic carbocycles. The molecule has 2 nitrogen and oxygen atoms in total. The van der Waals surface area contributed by atoms with Crippen LogP contribution in [-0.4, -0.2) is 9.13 Å². The van der Waals surface area contributed by atoms with Crippen LogP contribution >= 0.6 is 0 Å². The van der Waals surface area contributed by atoms with Gasteiger partial charge >= 0.3 is 0 Å². The fourth-order valence-electron chi connectivity index (χ4n) is 7.00. The fraction of sp³-hybridized carbons (Fsp3) is 0. The molecule has 0 saturated carbocycles. The summed E-state index contributed by atoms with van der Waals surface area (Å²) in [5, 5.41) is 8.81. The Morgan fingerprint density at radius 1 is 0.357 bits per heavy atom. The lowest BCUT2D eigenvalue weighted by Crippen LogP contribution is -1.98. The molecule has 0 unspecified atom stereocenters. The maximum atomic E-state index is 2.42. The van der Waals surface area contributed by atoms with E-state index in [0.717, 1.165) is 0 Å². The van der Waals surface area contributed by atoms with Crippen LogP contribution in [0.3, 0.4) is 0 Å². The standard InChI is InChI=1S/C40H26N2/c1-3-13-27(14-4-1)38-30-18-7-9-20-32(30)39(33-21-10-8-19-31(33)38)41-26-25-35-36(41)24-23-34-29-17-11-12-22-37(29)42(40(34)35)28-15-5-2-6-16-28/h1-26H. The Bertz CT molecular complexity index is 2390. The zero-order valence-electron chi connectivity index (χ0n) is 22.9. The van der Waals surface area contributed by atoms with E-state index in [-0.39, 0.29) is 0 Å². The van der Waals surface area contributed by atoms with E-state index in [0.29, 0.717) is 0 Å². The third-order valence-electron chi connectivity index (χ3n) is 8.72. The first-order chi connectivity index (χ1) is 20.9. The minimum atomic E-state index is 1.17. The van der Waals surface area contributed by atoms with E-state index in [1.807, 2.05) is 0 Å². The van der Waals surface area contributed by atoms with E-state index in [1.54, 1.807) is 0 Å². The van der Waals surface area contributed by atoms with Crippen molar-refractivity contribution >= 4 is 54.3 Å². The van der Waals surface area contributed by atoms with Crippen LogP contribution in [0.5, 0.6) is 0 Å². The Morgan fingerprint density at radius 2 is 0.929 bits per heavy atom. The summed E-state index contributed by atoms with van der Waals surface area (Å²) in [6, 6.07) is 54.9. The SMILES string of the molecule is c1ccc(-c2c3ccccc3c(-n3ccc4c3ccc3c5ccccc5n(-c5ccccc5)c34)c3ccccc23)cc1. The lowest BCUT2D eigenvalue weighted by molar-refractivity contribution is 1.16. The Labute approximate surface area is 243 Å². The van der Waals surface area contributed by atoms with Gasteiger partial charge in [-0.05, 0) is 52.2 Å². The molecule has 0 fully saturated rings. The van der Waals surface area contributed by atoms with Crippen LogP contribution in [0.25, 0.3) is 76.8 Å². The van der Waals surface area contributed by atoms with E-state index < -0.39 is 0 Å². The van der Waals surface area contributed by atoms with Crippen LogP contribution in [0.15, 0.2) is 158 Å². The molecule has 0 amide bonds. The van der Waals surface area contributed by atoms with E-state index in [1.165, 1.54) is 76.8 Å². The molecule has 0 N–H and O–H groups in total. The Morgan fingerprint density at radius 3 is 1.62 bits per heavy atom. The molecule has 2 heteroatoms. The second kappa shape index (κ2) is 8.95. The quantitative estimate of drug-likeness (QED) is 0.200. The summed E-state index contributed by atoms with van der Waals surface area (Å²) in [5.41, 5.74) is 8.58. The fourth-order valence-corrected chi connectivity index (χ4v) is 7.00. The largest absolute Gasteiger partial charge is 0.315 e. The van der Waals surface area contributed by atoms with Gasteiger partial charge < -0.3 is 9.13 Å². The van der Waals surface area contributed by atoms with Gasteiger partial charge in [-0.1, -0.05) is 121 Å². The minimum absolute atomic E-state index is 1.17. The number of benzene rings is 7. The van der Waals surface area contributed by atoms with Crippen LogP contribution in [0.4, 0.5) is 0 Å². The molecule has 9 rings (SSSR count). The molecular weight excluding hydrogens is 508 g/mol. The molecule has 0 aliphatic heterocycles. The maximum absolute atomic E-state index is 2.42. The van der Waals surface area contributed by atoms with Crippen LogP contribution in [0.1, 0.15) is 0 Å². The number of rotatable bonds is 3. The first kappa shape index (κ1) is 23.1. The number of aromatic nitrogens is 2. The van der Waals surface area contributed by atoms with Gasteiger partial charge in [0.15, 0.2) is 0 Å². The number of fused-ring (bicyclic) bond motifs is 7. The molecular formula is C40H26N2. The van der Waals surface area contributed by atoms with Crippen molar-refractivity contribution in [2.24, 2.45) is 0 Å². The van der Waals surface area contributed by atoms with Crippen molar-refractivity contribution in [3.8, 4) is 22.5 Å². The third kappa shape index (κ3) is 3.21. The van der Waals surface area contributed by atoms with E-state index in [2.05, 4.69) is 167 Å². The number of para-hydroxylation sites is 2. The monoisotopic (exact) mass is 534 g/mol. The van der Waals surface area contributed by atoms with Gasteiger partial charge in [-0.2, -0.15) is 0 Å². The molecule has 0 saturated heterocycles. The molecule has 0 spiro atoms. The lowest BCUT2D eigenvalue weighted by atomic mass is 9.90. The van der Waals surface area contributed by atoms with Gasteiger partial charge in [0.2, 0.25) is 0 Å². The molecule has 2 aromatic heterocycles. The molecule has 9 aromatic rings. The van der Waals surface area contributed by atoms with Gasteiger partial charge in [-0.15, -0.1) is 0 Å². The van der Waals surface area contributed by atoms with Gasteiger partial charge in [0.1, 0.15) is 0 Å². The second-order valence-corrected chi connectivity index (χ2v) is 10.9. The summed E-state index contributed by atoms with van der Waals surface area (Å²) in [4.78, 5) is 0. The van der Waals surface area contributed by atoms with Crippen molar-refractivity contribution in [1.29, 1.82) is 0 Å². The van der Waals surface area contributed by atoms with Crippen molar-refractivity contribution in [2.75, 3.05) is 0 Å². The molecule has 0 radical (unpaired) electrons. The van der Waals surface area contributed by atoms with E-state index in [4.69, 9.17) is 0 Å². The van der Waals surface area contributed by atoms with Crippen LogP contribution in [0, 0.1) is 0 Å². The minimum Gasteiger partial charge on any atom is -0.315 e. The predicted molar refractivity (Wildman–Crippen MR) is 178 cm³/mol. The van der Waals surface area contributed by atoms with Crippen molar-refractivity contribution in [1.82, 2.24) is 9.13 Å². The molecule has 196 valence electrons. The van der Waals surface area contributed by atoms with Crippen LogP contribution < -0.4 is 0 Å². The summed E-state index contributed by atoms with van der Waals surface area (Å²) >= 11 is 0. The second-order valence-electron chi connectivity index (χ2n) is 10.9. The van der Waals surface area contributed by atoms with Gasteiger partial charge in [0.05, 0.1) is 22.2 Å². The summed E-state index contributed by atoms with van der Waals surface area (Å²) in [5.74, 6) is 0. The van der Waals surface area contributed by atoms with Gasteiger partial charge in [0, 0.05) is 38.8 Å². The smallest absolute Gasteiger partial charge is 0.0635 e. The van der Waals surface area contributed by atoms with Crippen LogP contribution in [-0.2, 0) is 0 Å². The first-order valence-corrected chi connectivity index (χ1v) is 14.5. The summed E-state index contributed by atoms with van der Waals surface area (Å²) in [6.45, 7) is 0. The number of hydrogen-bond acceptors (Lipinski definition) is 0. The van der Waals surface area contributed by atoms with Crippen molar-refractivity contribution in [3.05, 3.63) is 158 Å². The number of nitrogens with zero attached hydrogens (tertiary/aromatic N) is 2. The normalized spacial score (nSPS) is 11.8. The highest BCUT2D eigenvalue weighted by atomic mass is 15.0. The van der Waals surface area contributed by atoms with E-state index in [9.17, 15) is 0 Å². The Kier molecular flexibility index (Phi) is 4.93. The van der Waals surface area contributed by atoms with Gasteiger partial charge in [0.25, 0.3) is 0 Å². The highest BCUT2D eigenvalue weighted by Crippen LogP contribution is 2.43. The number of hydrogen-bond donors (Lipinski definition) is 0. The highest BCUT2D eigenvalue weighted by molar-refractivity contribution is 6.21. The van der Waals surface area contributed by atoms with E-state index >= 15 is 0 Å². The third-order valence-corrected chi connectivity index (χ3v) is 8.72. The van der Waals surface area contributed by atoms with Crippen molar-refractivity contribution in [3.63, 3.8) is 0 Å².